The van der Waals surface area contributed by atoms with Gasteiger partial charge in [-0.25, -0.2) is 0 Å². The fourth-order valence-electron chi connectivity index (χ4n) is 3.15. The summed E-state index contributed by atoms with van der Waals surface area (Å²) < 4.78 is 5.70. The van der Waals surface area contributed by atoms with Crippen molar-refractivity contribution in [1.82, 2.24) is 20.9 Å². The number of furan rings is 1. The van der Waals surface area contributed by atoms with Crippen LogP contribution in [0.3, 0.4) is 0 Å². The quantitative estimate of drug-likeness (QED) is 0.401. The SMILES string of the molecule is CN=C(NCCNC(C)(C)C)NCC(c1ccco1)N1CCCCC1. The average Bonchev–Trinajstić information content (AvgIpc) is 3.11. The molecule has 0 amide bonds. The largest absolute Gasteiger partial charge is 0.468 e. The summed E-state index contributed by atoms with van der Waals surface area (Å²) in [6.45, 7) is 11.3. The van der Waals surface area contributed by atoms with E-state index in [4.69, 9.17) is 4.42 Å². The third kappa shape index (κ3) is 7.08. The predicted molar refractivity (Wildman–Crippen MR) is 104 cm³/mol. The van der Waals surface area contributed by atoms with Crippen LogP contribution in [0, 0.1) is 0 Å². The van der Waals surface area contributed by atoms with Crippen LogP contribution >= 0.6 is 0 Å². The van der Waals surface area contributed by atoms with Crippen LogP contribution in [0.25, 0.3) is 0 Å². The first-order chi connectivity index (χ1) is 12.0. The van der Waals surface area contributed by atoms with Crippen molar-refractivity contribution in [2.45, 2.75) is 51.6 Å². The van der Waals surface area contributed by atoms with E-state index < -0.39 is 0 Å². The van der Waals surface area contributed by atoms with Crippen molar-refractivity contribution in [3.63, 3.8) is 0 Å². The Bertz CT molecular complexity index is 500. The number of nitrogens with zero attached hydrogens (tertiary/aromatic N) is 2. The molecule has 1 aromatic rings. The summed E-state index contributed by atoms with van der Waals surface area (Å²) in [5.41, 5.74) is 0.136. The molecule has 3 N–H and O–H groups in total. The molecule has 1 aromatic heterocycles. The van der Waals surface area contributed by atoms with Gasteiger partial charge in [0, 0.05) is 32.2 Å². The smallest absolute Gasteiger partial charge is 0.191 e. The number of likely N-dealkylation sites (tertiary alicyclic amines) is 1. The molecule has 2 rings (SSSR count). The van der Waals surface area contributed by atoms with Gasteiger partial charge in [0.05, 0.1) is 12.3 Å². The molecule has 25 heavy (non-hydrogen) atoms. The van der Waals surface area contributed by atoms with Crippen molar-refractivity contribution in [2.24, 2.45) is 4.99 Å². The van der Waals surface area contributed by atoms with Crippen molar-refractivity contribution in [3.05, 3.63) is 24.2 Å². The van der Waals surface area contributed by atoms with E-state index in [1.54, 1.807) is 6.26 Å². The normalized spacial score (nSPS) is 18.2. The fourth-order valence-corrected chi connectivity index (χ4v) is 3.15. The topological polar surface area (TPSA) is 64.8 Å². The van der Waals surface area contributed by atoms with E-state index in [0.717, 1.165) is 44.4 Å². The molecule has 1 aliphatic heterocycles. The number of piperidine rings is 1. The maximum atomic E-state index is 5.70. The van der Waals surface area contributed by atoms with Gasteiger partial charge in [-0.2, -0.15) is 0 Å². The van der Waals surface area contributed by atoms with Crippen LogP contribution in [-0.2, 0) is 0 Å². The summed E-state index contributed by atoms with van der Waals surface area (Å²) >= 11 is 0. The summed E-state index contributed by atoms with van der Waals surface area (Å²) in [5, 5.41) is 10.3. The van der Waals surface area contributed by atoms with Crippen molar-refractivity contribution in [2.75, 3.05) is 39.8 Å². The molecule has 1 unspecified atom stereocenters. The first kappa shape index (κ1) is 19.8. The van der Waals surface area contributed by atoms with Gasteiger partial charge in [0.1, 0.15) is 5.76 Å². The van der Waals surface area contributed by atoms with Crippen LogP contribution in [0.1, 0.15) is 51.8 Å². The molecule has 1 aliphatic rings. The van der Waals surface area contributed by atoms with E-state index in [1.165, 1.54) is 19.3 Å². The second-order valence-corrected chi connectivity index (χ2v) is 7.68. The highest BCUT2D eigenvalue weighted by molar-refractivity contribution is 5.79. The minimum absolute atomic E-state index is 0.136. The Kier molecular flexibility index (Phi) is 7.78. The number of nitrogens with one attached hydrogen (secondary N) is 3. The monoisotopic (exact) mass is 349 g/mol. The van der Waals surface area contributed by atoms with Crippen LogP contribution in [0.4, 0.5) is 0 Å². The lowest BCUT2D eigenvalue weighted by Crippen LogP contribution is -2.47. The number of rotatable bonds is 7. The molecule has 6 heteroatoms. The third-order valence-corrected chi connectivity index (χ3v) is 4.46. The molecule has 1 saturated heterocycles. The summed E-state index contributed by atoms with van der Waals surface area (Å²) in [6.07, 6.45) is 5.63. The van der Waals surface area contributed by atoms with E-state index in [2.05, 4.69) is 52.7 Å². The highest BCUT2D eigenvalue weighted by Gasteiger charge is 2.24. The van der Waals surface area contributed by atoms with Gasteiger partial charge in [-0.05, 0) is 58.8 Å². The second kappa shape index (κ2) is 9.82. The highest BCUT2D eigenvalue weighted by Crippen LogP contribution is 2.24. The third-order valence-electron chi connectivity index (χ3n) is 4.46. The molecule has 0 aromatic carbocycles. The number of hydrogen-bond donors (Lipinski definition) is 3. The van der Waals surface area contributed by atoms with E-state index in [1.807, 2.05) is 13.1 Å². The van der Waals surface area contributed by atoms with E-state index in [0.29, 0.717) is 0 Å². The molecule has 0 saturated carbocycles. The molecule has 0 bridgehead atoms. The Morgan fingerprint density at radius 2 is 1.96 bits per heavy atom. The Morgan fingerprint density at radius 3 is 2.56 bits per heavy atom. The Labute approximate surface area is 152 Å². The van der Waals surface area contributed by atoms with Crippen LogP contribution in [0.5, 0.6) is 0 Å². The predicted octanol–water partition coefficient (Wildman–Crippen LogP) is 2.36. The van der Waals surface area contributed by atoms with Crippen molar-refractivity contribution >= 4 is 5.96 Å². The maximum Gasteiger partial charge on any atom is 0.191 e. The fraction of sp³-hybridized carbons (Fsp3) is 0.737. The summed E-state index contributed by atoms with van der Waals surface area (Å²) in [6, 6.07) is 4.29. The Morgan fingerprint density at radius 1 is 1.20 bits per heavy atom. The molecule has 0 radical (unpaired) electrons. The zero-order valence-corrected chi connectivity index (χ0v) is 16.3. The molecule has 0 aliphatic carbocycles. The standard InChI is InChI=1S/C19H35N5O/c1-19(2,3)23-11-10-21-18(20-4)22-15-16(17-9-8-14-25-17)24-12-6-5-7-13-24/h8-9,14,16,23H,5-7,10-13,15H2,1-4H3,(H2,20,21,22). The molecular formula is C19H35N5O. The Hall–Kier alpha value is -1.53. The first-order valence-corrected chi connectivity index (χ1v) is 9.46. The summed E-state index contributed by atoms with van der Waals surface area (Å²) in [5.74, 6) is 1.86. The Balaban J connectivity index is 1.83. The van der Waals surface area contributed by atoms with Crippen molar-refractivity contribution in [3.8, 4) is 0 Å². The minimum atomic E-state index is 0.136. The van der Waals surface area contributed by atoms with Crippen molar-refractivity contribution < 1.29 is 4.42 Å². The van der Waals surface area contributed by atoms with Gasteiger partial charge in [0.2, 0.25) is 0 Å². The number of hydrogen-bond acceptors (Lipinski definition) is 4. The van der Waals surface area contributed by atoms with Gasteiger partial charge >= 0.3 is 0 Å². The van der Waals surface area contributed by atoms with Crippen LogP contribution in [0.2, 0.25) is 0 Å². The van der Waals surface area contributed by atoms with Gasteiger partial charge in [-0.1, -0.05) is 6.42 Å². The zero-order valence-electron chi connectivity index (χ0n) is 16.3. The van der Waals surface area contributed by atoms with Crippen LogP contribution in [0.15, 0.2) is 27.8 Å². The van der Waals surface area contributed by atoms with Crippen LogP contribution in [-0.4, -0.2) is 56.2 Å². The lowest BCUT2D eigenvalue weighted by molar-refractivity contribution is 0.146. The highest BCUT2D eigenvalue weighted by atomic mass is 16.3. The lowest BCUT2D eigenvalue weighted by atomic mass is 10.1. The minimum Gasteiger partial charge on any atom is -0.468 e. The second-order valence-electron chi connectivity index (χ2n) is 7.68. The molecule has 2 heterocycles. The average molecular weight is 350 g/mol. The maximum absolute atomic E-state index is 5.70. The van der Waals surface area contributed by atoms with Gasteiger partial charge in [-0.3, -0.25) is 9.89 Å². The number of aliphatic imine (C=N–C) groups is 1. The first-order valence-electron chi connectivity index (χ1n) is 9.46. The molecule has 1 fully saturated rings. The van der Waals surface area contributed by atoms with Gasteiger partial charge in [-0.15, -0.1) is 0 Å². The van der Waals surface area contributed by atoms with Crippen LogP contribution < -0.4 is 16.0 Å². The van der Waals surface area contributed by atoms with Gasteiger partial charge in [0.25, 0.3) is 0 Å². The molecule has 0 spiro atoms. The number of guanidine groups is 1. The van der Waals surface area contributed by atoms with Crippen molar-refractivity contribution in [1.29, 1.82) is 0 Å². The van der Waals surface area contributed by atoms with E-state index >= 15 is 0 Å². The zero-order chi connectivity index (χ0) is 18.1. The summed E-state index contributed by atoms with van der Waals surface area (Å²) in [4.78, 5) is 6.86. The van der Waals surface area contributed by atoms with E-state index in [-0.39, 0.29) is 11.6 Å². The molecular weight excluding hydrogens is 314 g/mol. The lowest BCUT2D eigenvalue weighted by Gasteiger charge is -2.33. The van der Waals surface area contributed by atoms with Gasteiger partial charge in [0.15, 0.2) is 5.96 Å². The summed E-state index contributed by atoms with van der Waals surface area (Å²) in [7, 11) is 1.81. The molecule has 142 valence electrons. The van der Waals surface area contributed by atoms with E-state index in [9.17, 15) is 0 Å². The molecule has 1 atom stereocenters. The molecule has 6 nitrogen and oxygen atoms in total. The van der Waals surface area contributed by atoms with Gasteiger partial charge < -0.3 is 20.4 Å².